The average molecular weight is 344 g/mol. The van der Waals surface area contributed by atoms with Gasteiger partial charge in [0.25, 0.3) is 0 Å². The van der Waals surface area contributed by atoms with Crippen molar-refractivity contribution in [2.24, 2.45) is 23.5 Å². The molecule has 6 heteroatoms. The Morgan fingerprint density at radius 3 is 2.73 bits per heavy atom. The van der Waals surface area contributed by atoms with Crippen LogP contribution in [-0.2, 0) is 11.2 Å². The van der Waals surface area contributed by atoms with E-state index in [9.17, 15) is 4.79 Å². The van der Waals surface area contributed by atoms with E-state index in [4.69, 9.17) is 5.73 Å². The van der Waals surface area contributed by atoms with Crippen molar-refractivity contribution < 1.29 is 4.79 Å². The Kier molecular flexibility index (Phi) is 6.24. The van der Waals surface area contributed by atoms with Gasteiger partial charge in [0, 0.05) is 23.0 Å². The second-order valence-electron chi connectivity index (χ2n) is 6.57. The summed E-state index contributed by atoms with van der Waals surface area (Å²) < 4.78 is 0. The van der Waals surface area contributed by atoms with E-state index in [1.165, 1.54) is 24.1 Å². The van der Waals surface area contributed by atoms with Crippen LogP contribution in [-0.4, -0.2) is 16.9 Å². The van der Waals surface area contributed by atoms with Crippen LogP contribution in [0.4, 0.5) is 5.13 Å². The van der Waals surface area contributed by atoms with Crippen molar-refractivity contribution in [3.8, 4) is 0 Å². The second kappa shape index (κ2) is 7.75. The van der Waals surface area contributed by atoms with Crippen molar-refractivity contribution in [1.29, 1.82) is 0 Å². The fraction of sp³-hybridized carbons (Fsp3) is 0.750. The van der Waals surface area contributed by atoms with E-state index in [2.05, 4.69) is 17.2 Å². The van der Waals surface area contributed by atoms with E-state index >= 15 is 0 Å². The molecule has 3 N–H and O–H groups in total. The zero-order valence-electron chi connectivity index (χ0n) is 13.1. The summed E-state index contributed by atoms with van der Waals surface area (Å²) in [7, 11) is 0. The van der Waals surface area contributed by atoms with Crippen LogP contribution in [0.3, 0.4) is 0 Å². The minimum atomic E-state index is 0. The van der Waals surface area contributed by atoms with Crippen LogP contribution >= 0.6 is 23.7 Å². The highest BCUT2D eigenvalue weighted by Crippen LogP contribution is 2.42. The number of thiazole rings is 1. The lowest BCUT2D eigenvalue weighted by Crippen LogP contribution is -2.48. The van der Waals surface area contributed by atoms with Crippen LogP contribution in [0.15, 0.2) is 6.20 Å². The molecule has 2 aliphatic rings. The Morgan fingerprint density at radius 2 is 2.09 bits per heavy atom. The summed E-state index contributed by atoms with van der Waals surface area (Å²) in [6.07, 6.45) is 9.61. The number of carbonyl (C=O) groups excluding carboxylic acids is 1. The van der Waals surface area contributed by atoms with Crippen LogP contribution in [0.2, 0.25) is 0 Å². The molecule has 1 aromatic rings. The number of amides is 1. The Morgan fingerprint density at radius 1 is 1.41 bits per heavy atom. The largest absolute Gasteiger partial charge is 0.327 e. The Labute approximate surface area is 142 Å². The van der Waals surface area contributed by atoms with Crippen LogP contribution in [0.25, 0.3) is 0 Å². The highest BCUT2D eigenvalue weighted by molar-refractivity contribution is 7.15. The topological polar surface area (TPSA) is 68.0 Å². The van der Waals surface area contributed by atoms with Gasteiger partial charge in [-0.1, -0.05) is 19.8 Å². The molecule has 2 atom stereocenters. The number of nitrogens with two attached hydrogens (primary N) is 1. The van der Waals surface area contributed by atoms with Gasteiger partial charge in [0.05, 0.1) is 0 Å². The maximum Gasteiger partial charge on any atom is 0.229 e. The monoisotopic (exact) mass is 343 g/mol. The quantitative estimate of drug-likeness (QED) is 0.877. The summed E-state index contributed by atoms with van der Waals surface area (Å²) in [6.45, 7) is 2.15. The van der Waals surface area contributed by atoms with Crippen molar-refractivity contribution in [3.63, 3.8) is 0 Å². The third kappa shape index (κ3) is 3.81. The minimum Gasteiger partial charge on any atom is -0.327 e. The Balaban J connectivity index is 0.00000176. The Bertz CT molecular complexity index is 493. The molecule has 2 unspecified atom stereocenters. The second-order valence-corrected chi connectivity index (χ2v) is 7.68. The van der Waals surface area contributed by atoms with Gasteiger partial charge >= 0.3 is 0 Å². The van der Waals surface area contributed by atoms with E-state index in [1.807, 2.05) is 6.20 Å². The number of hydrogen-bond acceptors (Lipinski definition) is 4. The summed E-state index contributed by atoms with van der Waals surface area (Å²) in [4.78, 5) is 18.1. The van der Waals surface area contributed by atoms with Crippen molar-refractivity contribution in [3.05, 3.63) is 11.1 Å². The lowest BCUT2D eigenvalue weighted by molar-refractivity contribution is -0.122. The normalized spacial score (nSPS) is 30.5. The molecule has 0 aromatic carbocycles. The summed E-state index contributed by atoms with van der Waals surface area (Å²) in [6, 6.07) is 0.318. The number of hydrogen-bond donors (Lipinski definition) is 2. The van der Waals surface area contributed by atoms with Gasteiger partial charge in [0.1, 0.15) is 0 Å². The summed E-state index contributed by atoms with van der Waals surface area (Å²) >= 11 is 1.60. The molecule has 1 amide bonds. The first-order valence-corrected chi connectivity index (χ1v) is 9.00. The molecule has 0 saturated heterocycles. The number of fused-ring (bicyclic) bond motifs is 2. The summed E-state index contributed by atoms with van der Waals surface area (Å²) in [5, 5.41) is 3.78. The van der Waals surface area contributed by atoms with Crippen LogP contribution in [0.1, 0.15) is 50.3 Å². The molecular formula is C16H26ClN3OS. The first kappa shape index (κ1) is 17.7. The first-order chi connectivity index (χ1) is 10.2. The molecule has 2 fully saturated rings. The smallest absolute Gasteiger partial charge is 0.229 e. The van der Waals surface area contributed by atoms with Gasteiger partial charge in [-0.15, -0.1) is 23.7 Å². The van der Waals surface area contributed by atoms with E-state index in [-0.39, 0.29) is 24.2 Å². The van der Waals surface area contributed by atoms with Gasteiger partial charge in [-0.25, -0.2) is 4.98 Å². The summed E-state index contributed by atoms with van der Waals surface area (Å²) in [5.74, 6) is 1.36. The van der Waals surface area contributed by atoms with Crippen LogP contribution in [0, 0.1) is 17.8 Å². The van der Waals surface area contributed by atoms with Crippen molar-refractivity contribution in [1.82, 2.24) is 4.98 Å². The molecule has 1 aromatic heterocycles. The van der Waals surface area contributed by atoms with Gasteiger partial charge < -0.3 is 11.1 Å². The highest BCUT2D eigenvalue weighted by Gasteiger charge is 2.40. The number of halogens is 1. The number of nitrogens with one attached hydrogen (secondary N) is 1. The number of carbonyl (C=O) groups is 1. The predicted octanol–water partition coefficient (Wildman–Crippen LogP) is 3.61. The molecule has 1 heterocycles. The van der Waals surface area contributed by atoms with E-state index in [1.54, 1.807) is 11.3 Å². The van der Waals surface area contributed by atoms with E-state index in [0.717, 1.165) is 30.8 Å². The van der Waals surface area contributed by atoms with Crippen molar-refractivity contribution >= 4 is 34.8 Å². The standard InChI is InChI=1S/C16H25N3OS.ClH/c1-2-4-13-9-18-16(21-13)19-15(20)12-7-10-5-3-6-11(8-12)14(10)17;/h9-12,14H,2-8,17H2,1H3,(H,18,19,20);1H. The van der Waals surface area contributed by atoms with Gasteiger partial charge in [0.2, 0.25) is 5.91 Å². The van der Waals surface area contributed by atoms with Gasteiger partial charge in [0.15, 0.2) is 5.13 Å². The average Bonchev–Trinajstić information content (AvgIpc) is 2.86. The first-order valence-electron chi connectivity index (χ1n) is 8.18. The molecule has 22 heavy (non-hydrogen) atoms. The fourth-order valence-corrected chi connectivity index (χ4v) is 4.85. The number of nitrogens with zero attached hydrogens (tertiary/aromatic N) is 1. The molecule has 0 radical (unpaired) electrons. The highest BCUT2D eigenvalue weighted by atomic mass is 35.5. The van der Waals surface area contributed by atoms with Gasteiger partial charge in [-0.2, -0.15) is 0 Å². The lowest BCUT2D eigenvalue weighted by Gasteiger charge is -2.43. The number of anilines is 1. The molecule has 124 valence electrons. The molecule has 2 bridgehead atoms. The zero-order chi connectivity index (χ0) is 14.8. The van der Waals surface area contributed by atoms with Gasteiger partial charge in [-0.3, -0.25) is 4.79 Å². The Hall–Kier alpha value is -0.650. The SMILES string of the molecule is CCCc1cnc(NC(=O)C2CC3CCCC(C2)C3N)s1.Cl. The lowest BCUT2D eigenvalue weighted by atomic mass is 9.65. The molecule has 0 spiro atoms. The van der Waals surface area contributed by atoms with E-state index in [0.29, 0.717) is 17.9 Å². The third-order valence-electron chi connectivity index (χ3n) is 5.06. The maximum absolute atomic E-state index is 12.5. The van der Waals surface area contributed by atoms with Crippen LogP contribution < -0.4 is 11.1 Å². The number of aryl methyl sites for hydroxylation is 1. The van der Waals surface area contributed by atoms with E-state index < -0.39 is 0 Å². The molecule has 4 nitrogen and oxygen atoms in total. The maximum atomic E-state index is 12.5. The predicted molar refractivity (Wildman–Crippen MR) is 93.5 cm³/mol. The van der Waals surface area contributed by atoms with Crippen molar-refractivity contribution in [2.45, 2.75) is 57.9 Å². The van der Waals surface area contributed by atoms with Crippen molar-refractivity contribution in [2.75, 3.05) is 5.32 Å². The molecular weight excluding hydrogens is 318 g/mol. The minimum absolute atomic E-state index is 0. The zero-order valence-corrected chi connectivity index (χ0v) is 14.7. The van der Waals surface area contributed by atoms with Gasteiger partial charge in [-0.05, 0) is 43.9 Å². The molecule has 0 aliphatic heterocycles. The third-order valence-corrected chi connectivity index (χ3v) is 6.04. The summed E-state index contributed by atoms with van der Waals surface area (Å²) in [5.41, 5.74) is 6.29. The fourth-order valence-electron chi connectivity index (χ4n) is 3.94. The molecule has 2 saturated carbocycles. The molecule has 3 rings (SSSR count). The molecule has 2 aliphatic carbocycles. The van der Waals surface area contributed by atoms with Crippen LogP contribution in [0.5, 0.6) is 0 Å². The number of rotatable bonds is 4. The number of aromatic nitrogens is 1.